The van der Waals surface area contributed by atoms with Crippen molar-refractivity contribution in [3.63, 3.8) is 0 Å². The zero-order valence-corrected chi connectivity index (χ0v) is 10.1. The molecule has 0 amide bonds. The van der Waals surface area contributed by atoms with E-state index in [1.165, 1.54) is 12.8 Å². The first-order valence-electron chi connectivity index (χ1n) is 5.31. The summed E-state index contributed by atoms with van der Waals surface area (Å²) >= 11 is 5.80. The third-order valence-electron chi connectivity index (χ3n) is 3.31. The van der Waals surface area contributed by atoms with Gasteiger partial charge < -0.3 is 5.32 Å². The summed E-state index contributed by atoms with van der Waals surface area (Å²) in [5, 5.41) is 3.72. The fourth-order valence-electron chi connectivity index (χ4n) is 1.81. The van der Waals surface area contributed by atoms with Gasteiger partial charge in [0, 0.05) is 17.8 Å². The van der Waals surface area contributed by atoms with E-state index >= 15 is 0 Å². The lowest BCUT2D eigenvalue weighted by Crippen LogP contribution is -2.11. The summed E-state index contributed by atoms with van der Waals surface area (Å²) in [7, 11) is 0. The van der Waals surface area contributed by atoms with Crippen LogP contribution in [0.3, 0.4) is 0 Å². The first-order valence-corrected chi connectivity index (χ1v) is 5.69. The SMILES string of the molecule is CCC1(C)CC1Nc1cc(C)nc(Cl)n1. The summed E-state index contributed by atoms with van der Waals surface area (Å²) in [4.78, 5) is 8.19. The second-order valence-corrected chi connectivity index (χ2v) is 4.91. The number of aryl methyl sites for hydroxylation is 1. The van der Waals surface area contributed by atoms with Crippen LogP contribution in [0, 0.1) is 12.3 Å². The molecule has 3 nitrogen and oxygen atoms in total. The molecule has 0 bridgehead atoms. The number of hydrogen-bond donors (Lipinski definition) is 1. The molecule has 1 N–H and O–H groups in total. The van der Waals surface area contributed by atoms with Gasteiger partial charge in [-0.15, -0.1) is 0 Å². The number of halogens is 1. The standard InChI is InChI=1S/C11H16ClN3/c1-4-11(3)6-8(11)14-9-5-7(2)13-10(12)15-9/h5,8H,4,6H2,1-3H3,(H,13,14,15). The van der Waals surface area contributed by atoms with E-state index in [9.17, 15) is 0 Å². The summed E-state index contributed by atoms with van der Waals surface area (Å²) < 4.78 is 0. The number of aromatic nitrogens is 2. The van der Waals surface area contributed by atoms with Crippen molar-refractivity contribution >= 4 is 17.4 Å². The van der Waals surface area contributed by atoms with Crippen molar-refractivity contribution in [3.05, 3.63) is 17.0 Å². The molecule has 15 heavy (non-hydrogen) atoms. The smallest absolute Gasteiger partial charge is 0.224 e. The van der Waals surface area contributed by atoms with Gasteiger partial charge in [0.05, 0.1) is 0 Å². The fraction of sp³-hybridized carbons (Fsp3) is 0.636. The van der Waals surface area contributed by atoms with Crippen molar-refractivity contribution < 1.29 is 0 Å². The molecule has 82 valence electrons. The first kappa shape index (κ1) is 10.7. The van der Waals surface area contributed by atoms with Crippen molar-refractivity contribution in [3.8, 4) is 0 Å². The first-order chi connectivity index (χ1) is 7.03. The molecule has 0 spiro atoms. The van der Waals surface area contributed by atoms with Crippen LogP contribution in [0.1, 0.15) is 32.4 Å². The van der Waals surface area contributed by atoms with Crippen LogP contribution >= 0.6 is 11.6 Å². The molecule has 1 fully saturated rings. The Bertz CT molecular complexity index is 360. The lowest BCUT2D eigenvalue weighted by molar-refractivity contribution is 0.535. The van der Waals surface area contributed by atoms with E-state index in [4.69, 9.17) is 11.6 Å². The summed E-state index contributed by atoms with van der Waals surface area (Å²) in [6, 6.07) is 2.47. The van der Waals surface area contributed by atoms with E-state index in [1.807, 2.05) is 13.0 Å². The van der Waals surface area contributed by atoms with Crippen molar-refractivity contribution in [2.45, 2.75) is 39.7 Å². The molecule has 1 saturated carbocycles. The Hall–Kier alpha value is -0.830. The quantitative estimate of drug-likeness (QED) is 0.804. The number of nitrogens with one attached hydrogen (secondary N) is 1. The van der Waals surface area contributed by atoms with Gasteiger partial charge in [-0.05, 0) is 36.8 Å². The summed E-state index contributed by atoms with van der Waals surface area (Å²) in [6.45, 7) is 6.44. The third-order valence-corrected chi connectivity index (χ3v) is 3.48. The minimum atomic E-state index is 0.316. The van der Waals surface area contributed by atoms with Gasteiger partial charge in [0.15, 0.2) is 0 Å². The predicted molar refractivity (Wildman–Crippen MR) is 62.2 cm³/mol. The van der Waals surface area contributed by atoms with E-state index in [2.05, 4.69) is 29.1 Å². The molecular formula is C11H16ClN3. The summed E-state index contributed by atoms with van der Waals surface area (Å²) in [5.41, 5.74) is 1.34. The lowest BCUT2D eigenvalue weighted by Gasteiger charge is -2.10. The van der Waals surface area contributed by atoms with Crippen LogP contribution in [0.4, 0.5) is 5.82 Å². The second-order valence-electron chi connectivity index (χ2n) is 4.57. The highest BCUT2D eigenvalue weighted by molar-refractivity contribution is 6.28. The molecule has 0 aliphatic heterocycles. The molecule has 1 aliphatic rings. The van der Waals surface area contributed by atoms with Crippen molar-refractivity contribution in [1.29, 1.82) is 0 Å². The molecule has 1 heterocycles. The van der Waals surface area contributed by atoms with E-state index < -0.39 is 0 Å². The zero-order chi connectivity index (χ0) is 11.1. The Labute approximate surface area is 95.3 Å². The van der Waals surface area contributed by atoms with E-state index in [-0.39, 0.29) is 0 Å². The lowest BCUT2D eigenvalue weighted by atomic mass is 10.1. The van der Waals surface area contributed by atoms with Crippen molar-refractivity contribution in [1.82, 2.24) is 9.97 Å². The topological polar surface area (TPSA) is 37.8 Å². The molecular weight excluding hydrogens is 210 g/mol. The van der Waals surface area contributed by atoms with Gasteiger partial charge in [-0.2, -0.15) is 0 Å². The van der Waals surface area contributed by atoms with Gasteiger partial charge in [0.2, 0.25) is 5.28 Å². The van der Waals surface area contributed by atoms with E-state index in [0.717, 1.165) is 11.5 Å². The Morgan fingerprint density at radius 1 is 1.60 bits per heavy atom. The molecule has 2 rings (SSSR count). The highest BCUT2D eigenvalue weighted by Crippen LogP contribution is 2.49. The van der Waals surface area contributed by atoms with Gasteiger partial charge in [-0.3, -0.25) is 0 Å². The Morgan fingerprint density at radius 2 is 2.33 bits per heavy atom. The number of hydrogen-bond acceptors (Lipinski definition) is 3. The number of anilines is 1. The van der Waals surface area contributed by atoms with Gasteiger partial charge in [-0.25, -0.2) is 9.97 Å². The third kappa shape index (κ3) is 2.23. The molecule has 0 saturated heterocycles. The Balaban J connectivity index is 2.06. The van der Waals surface area contributed by atoms with E-state index in [1.54, 1.807) is 0 Å². The molecule has 1 aromatic heterocycles. The van der Waals surface area contributed by atoms with Crippen LogP contribution in [0.5, 0.6) is 0 Å². The number of nitrogens with zero attached hydrogens (tertiary/aromatic N) is 2. The predicted octanol–water partition coefficient (Wildman–Crippen LogP) is 3.04. The van der Waals surface area contributed by atoms with Crippen molar-refractivity contribution in [2.75, 3.05) is 5.32 Å². The maximum Gasteiger partial charge on any atom is 0.224 e. The maximum absolute atomic E-state index is 5.80. The molecule has 1 aromatic rings. The van der Waals surface area contributed by atoms with E-state index in [0.29, 0.717) is 16.7 Å². The average Bonchev–Trinajstić information content (AvgIpc) is 2.76. The monoisotopic (exact) mass is 225 g/mol. The fourth-order valence-corrected chi connectivity index (χ4v) is 2.03. The van der Waals surface area contributed by atoms with Gasteiger partial charge >= 0.3 is 0 Å². The molecule has 4 heteroatoms. The second kappa shape index (κ2) is 3.63. The van der Waals surface area contributed by atoms with Crippen LogP contribution in [-0.2, 0) is 0 Å². The Morgan fingerprint density at radius 3 is 2.87 bits per heavy atom. The number of rotatable bonds is 3. The normalized spacial score (nSPS) is 28.9. The minimum absolute atomic E-state index is 0.316. The molecule has 0 aromatic carbocycles. The summed E-state index contributed by atoms with van der Waals surface area (Å²) in [5.74, 6) is 0.842. The molecule has 0 radical (unpaired) electrons. The van der Waals surface area contributed by atoms with Crippen molar-refractivity contribution in [2.24, 2.45) is 5.41 Å². The van der Waals surface area contributed by atoms with Gasteiger partial charge in [0.1, 0.15) is 5.82 Å². The van der Waals surface area contributed by atoms with Crippen LogP contribution in [0.25, 0.3) is 0 Å². The van der Waals surface area contributed by atoms with Crippen LogP contribution in [0.15, 0.2) is 6.07 Å². The van der Waals surface area contributed by atoms with Crippen LogP contribution in [-0.4, -0.2) is 16.0 Å². The average molecular weight is 226 g/mol. The van der Waals surface area contributed by atoms with Crippen LogP contribution in [0.2, 0.25) is 5.28 Å². The molecule has 2 unspecified atom stereocenters. The van der Waals surface area contributed by atoms with Crippen LogP contribution < -0.4 is 5.32 Å². The summed E-state index contributed by atoms with van der Waals surface area (Å²) in [6.07, 6.45) is 2.41. The molecule has 1 aliphatic carbocycles. The van der Waals surface area contributed by atoms with Gasteiger partial charge in [0.25, 0.3) is 0 Å². The Kier molecular flexibility index (Phi) is 2.59. The highest BCUT2D eigenvalue weighted by atomic mass is 35.5. The van der Waals surface area contributed by atoms with Gasteiger partial charge in [-0.1, -0.05) is 13.8 Å². The zero-order valence-electron chi connectivity index (χ0n) is 9.34. The minimum Gasteiger partial charge on any atom is -0.367 e. The maximum atomic E-state index is 5.80. The molecule has 2 atom stereocenters. The largest absolute Gasteiger partial charge is 0.367 e. The highest BCUT2D eigenvalue weighted by Gasteiger charge is 2.48.